The molecule has 0 bridgehead atoms. The molecule has 0 aromatic heterocycles. The van der Waals surface area contributed by atoms with Gasteiger partial charge in [0.1, 0.15) is 11.5 Å². The number of aryl methyl sites for hydroxylation is 2. The van der Waals surface area contributed by atoms with Crippen LogP contribution in [0.4, 0.5) is 0 Å². The van der Waals surface area contributed by atoms with Crippen molar-refractivity contribution < 1.29 is 9.84 Å². The molecule has 0 saturated heterocycles. The van der Waals surface area contributed by atoms with E-state index in [9.17, 15) is 5.11 Å². The standard InChI is InChI=1S/C15H15ClO2/c1-9-6-10(2)15(14(7-9)18-3)12-8-11(16)4-5-13(12)17/h4-8,17H,1-3H3. The molecule has 0 radical (unpaired) electrons. The highest BCUT2D eigenvalue weighted by Gasteiger charge is 2.14. The fraction of sp³-hybridized carbons (Fsp3) is 0.200. The van der Waals surface area contributed by atoms with Crippen LogP contribution in [0.5, 0.6) is 11.5 Å². The molecule has 0 amide bonds. The molecule has 0 fully saturated rings. The Morgan fingerprint density at radius 1 is 1.11 bits per heavy atom. The molecule has 0 saturated carbocycles. The third-order valence-corrected chi connectivity index (χ3v) is 3.13. The van der Waals surface area contributed by atoms with Crippen molar-refractivity contribution >= 4 is 11.6 Å². The second kappa shape index (κ2) is 4.91. The molecule has 2 rings (SSSR count). The minimum Gasteiger partial charge on any atom is -0.507 e. The Hall–Kier alpha value is -1.67. The van der Waals surface area contributed by atoms with E-state index in [0.717, 1.165) is 22.4 Å². The number of phenols is 1. The number of hydrogen-bond donors (Lipinski definition) is 1. The first-order valence-corrected chi connectivity index (χ1v) is 6.05. The molecule has 2 aromatic rings. The average Bonchev–Trinajstić information content (AvgIpc) is 2.32. The third kappa shape index (κ3) is 2.29. The smallest absolute Gasteiger partial charge is 0.127 e. The molecule has 0 unspecified atom stereocenters. The van der Waals surface area contributed by atoms with Crippen LogP contribution in [-0.4, -0.2) is 12.2 Å². The van der Waals surface area contributed by atoms with E-state index in [1.54, 1.807) is 25.3 Å². The maximum absolute atomic E-state index is 9.99. The molecule has 1 N–H and O–H groups in total. The Morgan fingerprint density at radius 2 is 1.83 bits per heavy atom. The lowest BCUT2D eigenvalue weighted by Gasteiger charge is -2.14. The Balaban J connectivity index is 2.74. The Kier molecular flexibility index (Phi) is 3.48. The van der Waals surface area contributed by atoms with Crippen LogP contribution in [0.15, 0.2) is 30.3 Å². The summed E-state index contributed by atoms with van der Waals surface area (Å²) in [5, 5.41) is 10.6. The summed E-state index contributed by atoms with van der Waals surface area (Å²) in [4.78, 5) is 0. The lowest BCUT2D eigenvalue weighted by atomic mass is 9.97. The topological polar surface area (TPSA) is 29.5 Å². The molecule has 0 heterocycles. The zero-order chi connectivity index (χ0) is 13.3. The number of rotatable bonds is 2. The average molecular weight is 263 g/mol. The summed E-state index contributed by atoms with van der Waals surface area (Å²) < 4.78 is 5.40. The van der Waals surface area contributed by atoms with Crippen molar-refractivity contribution in [3.8, 4) is 22.6 Å². The predicted molar refractivity (Wildman–Crippen MR) is 74.6 cm³/mol. The maximum atomic E-state index is 9.99. The van der Waals surface area contributed by atoms with Crippen LogP contribution in [0.1, 0.15) is 11.1 Å². The molecule has 0 aliphatic rings. The zero-order valence-electron chi connectivity index (χ0n) is 10.6. The molecule has 2 aromatic carbocycles. The van der Waals surface area contributed by atoms with E-state index in [2.05, 4.69) is 6.07 Å². The maximum Gasteiger partial charge on any atom is 0.127 e. The third-order valence-electron chi connectivity index (χ3n) is 2.89. The first-order valence-electron chi connectivity index (χ1n) is 5.67. The Morgan fingerprint density at radius 3 is 2.50 bits per heavy atom. The van der Waals surface area contributed by atoms with Gasteiger partial charge in [-0.1, -0.05) is 17.7 Å². The van der Waals surface area contributed by atoms with Gasteiger partial charge >= 0.3 is 0 Å². The van der Waals surface area contributed by atoms with Crippen LogP contribution < -0.4 is 4.74 Å². The summed E-state index contributed by atoms with van der Waals surface area (Å²) in [6.07, 6.45) is 0. The number of hydrogen-bond acceptors (Lipinski definition) is 2. The number of phenolic OH excluding ortho intramolecular Hbond substituents is 1. The van der Waals surface area contributed by atoms with Gasteiger partial charge in [-0.05, 0) is 49.2 Å². The van der Waals surface area contributed by atoms with E-state index >= 15 is 0 Å². The van der Waals surface area contributed by atoms with Gasteiger partial charge in [0.15, 0.2) is 0 Å². The quantitative estimate of drug-likeness (QED) is 0.872. The van der Waals surface area contributed by atoms with Crippen molar-refractivity contribution in [1.82, 2.24) is 0 Å². The van der Waals surface area contributed by atoms with E-state index < -0.39 is 0 Å². The summed E-state index contributed by atoms with van der Waals surface area (Å²) in [6, 6.07) is 9.00. The number of aromatic hydroxyl groups is 1. The largest absolute Gasteiger partial charge is 0.507 e. The van der Waals surface area contributed by atoms with E-state index in [1.807, 2.05) is 19.9 Å². The monoisotopic (exact) mass is 262 g/mol. The van der Waals surface area contributed by atoms with E-state index in [-0.39, 0.29) is 5.75 Å². The first-order chi connectivity index (χ1) is 8.52. The van der Waals surface area contributed by atoms with E-state index in [1.165, 1.54) is 0 Å². The highest BCUT2D eigenvalue weighted by molar-refractivity contribution is 6.31. The van der Waals surface area contributed by atoms with Crippen molar-refractivity contribution in [2.45, 2.75) is 13.8 Å². The summed E-state index contributed by atoms with van der Waals surface area (Å²) >= 11 is 5.99. The second-order valence-corrected chi connectivity index (χ2v) is 4.76. The van der Waals surface area contributed by atoms with Gasteiger partial charge in [-0.3, -0.25) is 0 Å². The van der Waals surface area contributed by atoms with Crippen LogP contribution >= 0.6 is 11.6 Å². The summed E-state index contributed by atoms with van der Waals surface area (Å²) in [5.41, 5.74) is 3.74. The SMILES string of the molecule is COc1cc(C)cc(C)c1-c1cc(Cl)ccc1O. The van der Waals surface area contributed by atoms with Crippen LogP contribution in [0, 0.1) is 13.8 Å². The van der Waals surface area contributed by atoms with Crippen LogP contribution in [0.25, 0.3) is 11.1 Å². The van der Waals surface area contributed by atoms with Gasteiger partial charge in [0.05, 0.1) is 7.11 Å². The lowest BCUT2D eigenvalue weighted by molar-refractivity contribution is 0.415. The van der Waals surface area contributed by atoms with Crippen LogP contribution in [0.3, 0.4) is 0 Å². The van der Waals surface area contributed by atoms with Gasteiger partial charge in [-0.2, -0.15) is 0 Å². The van der Waals surface area contributed by atoms with Gasteiger partial charge in [0, 0.05) is 16.1 Å². The molecular formula is C15H15ClO2. The van der Waals surface area contributed by atoms with E-state index in [4.69, 9.17) is 16.3 Å². The van der Waals surface area contributed by atoms with Gasteiger partial charge in [-0.25, -0.2) is 0 Å². The number of ether oxygens (including phenoxy) is 1. The normalized spacial score (nSPS) is 10.4. The Labute approximate surface area is 112 Å². The van der Waals surface area contributed by atoms with Crippen molar-refractivity contribution in [3.05, 3.63) is 46.5 Å². The van der Waals surface area contributed by atoms with Crippen molar-refractivity contribution in [3.63, 3.8) is 0 Å². The molecular weight excluding hydrogens is 248 g/mol. The molecule has 0 spiro atoms. The predicted octanol–water partition coefficient (Wildman–Crippen LogP) is 4.34. The fourth-order valence-electron chi connectivity index (χ4n) is 2.14. The highest BCUT2D eigenvalue weighted by atomic mass is 35.5. The molecule has 3 heteroatoms. The first kappa shape index (κ1) is 12.8. The van der Waals surface area contributed by atoms with Crippen molar-refractivity contribution in [2.75, 3.05) is 7.11 Å². The van der Waals surface area contributed by atoms with Crippen molar-refractivity contribution in [2.24, 2.45) is 0 Å². The van der Waals surface area contributed by atoms with Gasteiger partial charge in [0.2, 0.25) is 0 Å². The van der Waals surface area contributed by atoms with Gasteiger partial charge < -0.3 is 9.84 Å². The fourth-order valence-corrected chi connectivity index (χ4v) is 2.32. The lowest BCUT2D eigenvalue weighted by Crippen LogP contribution is -1.93. The highest BCUT2D eigenvalue weighted by Crippen LogP contribution is 2.40. The molecule has 0 aliphatic carbocycles. The summed E-state index contributed by atoms with van der Waals surface area (Å²) in [5.74, 6) is 0.940. The molecule has 18 heavy (non-hydrogen) atoms. The van der Waals surface area contributed by atoms with Crippen LogP contribution in [0.2, 0.25) is 5.02 Å². The van der Waals surface area contributed by atoms with Gasteiger partial charge in [-0.15, -0.1) is 0 Å². The number of benzene rings is 2. The second-order valence-electron chi connectivity index (χ2n) is 4.32. The summed E-state index contributed by atoms with van der Waals surface area (Å²) in [7, 11) is 1.62. The van der Waals surface area contributed by atoms with Gasteiger partial charge in [0.25, 0.3) is 0 Å². The molecule has 94 valence electrons. The van der Waals surface area contributed by atoms with Crippen LogP contribution in [-0.2, 0) is 0 Å². The molecule has 0 aliphatic heterocycles. The zero-order valence-corrected chi connectivity index (χ0v) is 11.4. The summed E-state index contributed by atoms with van der Waals surface area (Å²) in [6.45, 7) is 4.00. The van der Waals surface area contributed by atoms with E-state index in [0.29, 0.717) is 10.6 Å². The Bertz CT molecular complexity index is 591. The van der Waals surface area contributed by atoms with Crippen molar-refractivity contribution in [1.29, 1.82) is 0 Å². The molecule has 2 nitrogen and oxygen atoms in total. The number of halogens is 1. The minimum atomic E-state index is 0.199. The molecule has 0 atom stereocenters. The number of methoxy groups -OCH3 is 1. The minimum absolute atomic E-state index is 0.199.